The monoisotopic (exact) mass is 430 g/mol. The van der Waals surface area contributed by atoms with Gasteiger partial charge in [-0.3, -0.25) is 28.8 Å². The molecule has 14 heteroatoms. The van der Waals surface area contributed by atoms with Crippen molar-refractivity contribution in [2.75, 3.05) is 19.6 Å². The Morgan fingerprint density at radius 2 is 1.57 bits per heavy atom. The quantitative estimate of drug-likeness (QED) is 0.0978. The highest BCUT2D eigenvalue weighted by atomic mass is 16.3. The third-order valence-electron chi connectivity index (χ3n) is 3.46. The van der Waals surface area contributed by atoms with Crippen molar-refractivity contribution in [3.05, 3.63) is 0 Å². The Balaban J connectivity index is 4.52. The maximum Gasteiger partial charge on any atom is 0.245 e. The molecule has 0 aromatic rings. The number of amides is 6. The van der Waals surface area contributed by atoms with Crippen LogP contribution in [0.2, 0.25) is 0 Å². The second-order valence-electron chi connectivity index (χ2n) is 6.08. The number of primary amides is 1. The number of nitrogens with one attached hydrogen (secondary N) is 5. The van der Waals surface area contributed by atoms with Crippen LogP contribution in [0.1, 0.15) is 19.8 Å². The summed E-state index contributed by atoms with van der Waals surface area (Å²) in [5.41, 5.74) is 4.93. The fraction of sp³-hybridized carbons (Fsp3) is 0.562. The second-order valence-corrected chi connectivity index (χ2v) is 6.08. The van der Waals surface area contributed by atoms with Gasteiger partial charge in [-0.15, -0.1) is 0 Å². The number of carbonyl (C=O) groups is 7. The number of aliphatic hydroxyl groups is 1. The molecule has 8 N–H and O–H groups in total. The molecule has 3 unspecified atom stereocenters. The molecule has 0 bridgehead atoms. The zero-order valence-electron chi connectivity index (χ0n) is 16.3. The molecule has 0 radical (unpaired) electrons. The lowest BCUT2D eigenvalue weighted by Gasteiger charge is -2.21. The highest BCUT2D eigenvalue weighted by Crippen LogP contribution is 1.94. The van der Waals surface area contributed by atoms with Gasteiger partial charge >= 0.3 is 0 Å². The van der Waals surface area contributed by atoms with E-state index in [0.717, 1.165) is 0 Å². The van der Waals surface area contributed by atoms with Crippen LogP contribution in [0.15, 0.2) is 0 Å². The molecule has 3 atom stereocenters. The second kappa shape index (κ2) is 14.4. The number of aldehydes is 1. The van der Waals surface area contributed by atoms with Gasteiger partial charge in [0.2, 0.25) is 35.9 Å². The molecule has 0 aliphatic heterocycles. The molecule has 0 fully saturated rings. The Labute approximate surface area is 171 Å². The SMILES string of the molecule is CC(O)C(NC(=O)CNC(=O)CCNC=O)C(=O)NCC(=O)NC(C=O)CC(N)=O. The highest BCUT2D eigenvalue weighted by Gasteiger charge is 2.26. The van der Waals surface area contributed by atoms with E-state index in [4.69, 9.17) is 5.73 Å². The van der Waals surface area contributed by atoms with Gasteiger partial charge in [-0.2, -0.15) is 0 Å². The van der Waals surface area contributed by atoms with Gasteiger partial charge in [0.25, 0.3) is 0 Å². The molecule has 168 valence electrons. The van der Waals surface area contributed by atoms with Gasteiger partial charge in [-0.1, -0.05) is 0 Å². The first-order valence-corrected chi connectivity index (χ1v) is 8.82. The summed E-state index contributed by atoms with van der Waals surface area (Å²) in [6.07, 6.45) is -1.07. The van der Waals surface area contributed by atoms with Gasteiger partial charge in [0.1, 0.15) is 12.3 Å². The number of hydrogen-bond acceptors (Lipinski definition) is 8. The average molecular weight is 430 g/mol. The minimum absolute atomic E-state index is 0.0566. The van der Waals surface area contributed by atoms with Crippen molar-refractivity contribution in [2.45, 2.75) is 38.0 Å². The summed E-state index contributed by atoms with van der Waals surface area (Å²) in [4.78, 5) is 78.8. The van der Waals surface area contributed by atoms with E-state index in [2.05, 4.69) is 26.6 Å². The van der Waals surface area contributed by atoms with Crippen molar-refractivity contribution >= 4 is 42.2 Å². The predicted molar refractivity (Wildman–Crippen MR) is 100 cm³/mol. The summed E-state index contributed by atoms with van der Waals surface area (Å²) < 4.78 is 0. The van der Waals surface area contributed by atoms with Crippen LogP contribution in [0.3, 0.4) is 0 Å². The maximum absolute atomic E-state index is 12.1. The highest BCUT2D eigenvalue weighted by molar-refractivity contribution is 5.93. The van der Waals surface area contributed by atoms with E-state index in [1.54, 1.807) is 0 Å². The van der Waals surface area contributed by atoms with Crippen LogP contribution >= 0.6 is 0 Å². The van der Waals surface area contributed by atoms with E-state index in [1.165, 1.54) is 6.92 Å². The van der Waals surface area contributed by atoms with Crippen molar-refractivity contribution in [2.24, 2.45) is 5.73 Å². The predicted octanol–water partition coefficient (Wildman–Crippen LogP) is -5.22. The van der Waals surface area contributed by atoms with Gasteiger partial charge in [0.05, 0.1) is 31.7 Å². The third-order valence-corrected chi connectivity index (χ3v) is 3.46. The molecular weight excluding hydrogens is 404 g/mol. The molecule has 0 aliphatic carbocycles. The molecule has 0 rings (SSSR count). The first-order chi connectivity index (χ1) is 14.1. The van der Waals surface area contributed by atoms with Crippen LogP contribution in [0.25, 0.3) is 0 Å². The van der Waals surface area contributed by atoms with E-state index in [9.17, 15) is 38.7 Å². The average Bonchev–Trinajstić information content (AvgIpc) is 2.67. The Kier molecular flexibility index (Phi) is 12.7. The van der Waals surface area contributed by atoms with Crippen molar-refractivity contribution in [3.8, 4) is 0 Å². The Hall–Kier alpha value is -3.55. The molecule has 30 heavy (non-hydrogen) atoms. The Morgan fingerprint density at radius 1 is 0.967 bits per heavy atom. The summed E-state index contributed by atoms with van der Waals surface area (Å²) in [6.45, 7) is 0.234. The maximum atomic E-state index is 12.1. The number of rotatable bonds is 15. The zero-order chi connectivity index (χ0) is 23.1. The van der Waals surface area contributed by atoms with Crippen LogP contribution in [0, 0.1) is 0 Å². The number of carbonyl (C=O) groups excluding carboxylic acids is 7. The third kappa shape index (κ3) is 12.0. The molecule has 0 saturated heterocycles. The van der Waals surface area contributed by atoms with Gasteiger partial charge in [-0.05, 0) is 6.92 Å². The summed E-state index contributed by atoms with van der Waals surface area (Å²) in [6, 6.07) is -2.57. The topological polar surface area (TPSA) is 226 Å². The number of hydrogen-bond donors (Lipinski definition) is 7. The first kappa shape index (κ1) is 26.4. The first-order valence-electron chi connectivity index (χ1n) is 8.82. The molecule has 0 saturated carbocycles. The fourth-order valence-corrected chi connectivity index (χ4v) is 2.03. The molecule has 6 amide bonds. The molecule has 0 heterocycles. The Morgan fingerprint density at radius 3 is 2.10 bits per heavy atom. The van der Waals surface area contributed by atoms with Crippen LogP contribution in [0.4, 0.5) is 0 Å². The van der Waals surface area contributed by atoms with Crippen LogP contribution < -0.4 is 32.3 Å². The summed E-state index contributed by atoms with van der Waals surface area (Å²) in [7, 11) is 0. The van der Waals surface area contributed by atoms with Crippen LogP contribution in [-0.4, -0.2) is 85.2 Å². The molecule has 0 aromatic carbocycles. The summed E-state index contributed by atoms with van der Waals surface area (Å²) in [5, 5.41) is 20.8. The normalized spacial score (nSPS) is 13.0. The molecule has 0 spiro atoms. The molecule has 0 aromatic heterocycles. The standard InChI is InChI=1S/C16H26N6O8/c1-9(25)15(22-14(29)5-19-12(27)2-3-18-8-24)16(30)20-6-13(28)21-10(7-23)4-11(17)26/h7-10,15,25H,2-6H2,1H3,(H2,17,26)(H,18,24)(H,19,27)(H,20,30)(H,21,28)(H,22,29). The molecular formula is C16H26N6O8. The van der Waals surface area contributed by atoms with E-state index < -0.39 is 67.2 Å². The van der Waals surface area contributed by atoms with Crippen molar-refractivity contribution in [1.82, 2.24) is 26.6 Å². The number of aliphatic hydroxyl groups excluding tert-OH is 1. The van der Waals surface area contributed by atoms with E-state index in [0.29, 0.717) is 12.7 Å². The fourth-order valence-electron chi connectivity index (χ4n) is 2.03. The van der Waals surface area contributed by atoms with Gasteiger partial charge in [-0.25, -0.2) is 0 Å². The van der Waals surface area contributed by atoms with Crippen molar-refractivity contribution in [3.63, 3.8) is 0 Å². The van der Waals surface area contributed by atoms with Gasteiger partial charge in [0.15, 0.2) is 0 Å². The van der Waals surface area contributed by atoms with Gasteiger partial charge in [0, 0.05) is 13.0 Å². The van der Waals surface area contributed by atoms with Crippen molar-refractivity contribution < 1.29 is 38.7 Å². The number of nitrogens with two attached hydrogens (primary N) is 1. The summed E-state index contributed by atoms with van der Waals surface area (Å²) >= 11 is 0. The van der Waals surface area contributed by atoms with Crippen LogP contribution in [0.5, 0.6) is 0 Å². The lowest BCUT2D eigenvalue weighted by molar-refractivity contribution is -0.133. The largest absolute Gasteiger partial charge is 0.391 e. The van der Waals surface area contributed by atoms with E-state index >= 15 is 0 Å². The molecule has 0 aliphatic rings. The lowest BCUT2D eigenvalue weighted by Crippen LogP contribution is -2.55. The minimum Gasteiger partial charge on any atom is -0.391 e. The van der Waals surface area contributed by atoms with E-state index in [-0.39, 0.29) is 13.0 Å². The van der Waals surface area contributed by atoms with Gasteiger partial charge < -0.3 is 42.2 Å². The smallest absolute Gasteiger partial charge is 0.245 e. The zero-order valence-corrected chi connectivity index (χ0v) is 16.3. The lowest BCUT2D eigenvalue weighted by atomic mass is 10.1. The van der Waals surface area contributed by atoms with E-state index in [1.807, 2.05) is 0 Å². The summed E-state index contributed by atoms with van der Waals surface area (Å²) in [5.74, 6) is -3.80. The molecule has 14 nitrogen and oxygen atoms in total. The Bertz CT molecular complexity index is 654. The van der Waals surface area contributed by atoms with Crippen molar-refractivity contribution in [1.29, 1.82) is 0 Å². The van der Waals surface area contributed by atoms with Crippen LogP contribution in [-0.2, 0) is 33.6 Å². The minimum atomic E-state index is -1.42.